The molecule has 0 aliphatic heterocycles. The van der Waals surface area contributed by atoms with E-state index < -0.39 is 5.60 Å². The van der Waals surface area contributed by atoms with Crippen molar-refractivity contribution in [1.82, 2.24) is 4.90 Å². The number of nitrogens with zero attached hydrogens (tertiary/aromatic N) is 1. The van der Waals surface area contributed by atoms with Crippen LogP contribution in [-0.4, -0.2) is 41.3 Å². The largest absolute Gasteiger partial charge is 0.389 e. The molecule has 1 rings (SSSR count). The molecule has 3 nitrogen and oxygen atoms in total. The first-order chi connectivity index (χ1) is 6.94. The van der Waals surface area contributed by atoms with Gasteiger partial charge in [0, 0.05) is 18.6 Å². The Morgan fingerprint density at radius 1 is 1.33 bits per heavy atom. The Hall–Kier alpha value is -0.120. The lowest BCUT2D eigenvalue weighted by Gasteiger charge is -2.37. The van der Waals surface area contributed by atoms with E-state index in [-0.39, 0.29) is 0 Å². The average molecular weight is 214 g/mol. The summed E-state index contributed by atoms with van der Waals surface area (Å²) in [5, 5.41) is 10.0. The fourth-order valence-electron chi connectivity index (χ4n) is 2.32. The summed E-state index contributed by atoms with van der Waals surface area (Å²) in [6.45, 7) is 4.71. The van der Waals surface area contributed by atoms with E-state index in [1.807, 2.05) is 13.8 Å². The van der Waals surface area contributed by atoms with E-state index in [0.717, 1.165) is 25.8 Å². The molecule has 0 spiro atoms. The van der Waals surface area contributed by atoms with E-state index in [4.69, 9.17) is 5.73 Å². The molecular weight excluding hydrogens is 188 g/mol. The summed E-state index contributed by atoms with van der Waals surface area (Å²) in [6.07, 6.45) is 5.42. The predicted octanol–water partition coefficient (Wildman–Crippen LogP) is 1.35. The summed E-state index contributed by atoms with van der Waals surface area (Å²) in [4.78, 5) is 2.30. The van der Waals surface area contributed by atoms with Gasteiger partial charge in [-0.25, -0.2) is 0 Å². The van der Waals surface area contributed by atoms with E-state index >= 15 is 0 Å². The van der Waals surface area contributed by atoms with Crippen LogP contribution in [0.2, 0.25) is 0 Å². The Labute approximate surface area is 93.6 Å². The van der Waals surface area contributed by atoms with Crippen molar-refractivity contribution >= 4 is 0 Å². The van der Waals surface area contributed by atoms with Gasteiger partial charge in [-0.1, -0.05) is 6.92 Å². The molecule has 1 atom stereocenters. The maximum Gasteiger partial charge on any atom is 0.0743 e. The van der Waals surface area contributed by atoms with Crippen LogP contribution in [0.4, 0.5) is 0 Å². The fraction of sp³-hybridized carbons (Fsp3) is 1.00. The lowest BCUT2D eigenvalue weighted by atomic mass is 9.90. The Morgan fingerprint density at radius 3 is 2.33 bits per heavy atom. The molecule has 1 saturated carbocycles. The lowest BCUT2D eigenvalue weighted by molar-refractivity contribution is 0.00664. The Morgan fingerprint density at radius 2 is 1.87 bits per heavy atom. The molecule has 3 heteroatoms. The second kappa shape index (κ2) is 5.28. The molecular formula is C12H26N2O. The Balaban J connectivity index is 2.37. The number of rotatable bonds is 4. The van der Waals surface area contributed by atoms with E-state index in [0.29, 0.717) is 12.1 Å². The number of hydrogen-bond acceptors (Lipinski definition) is 3. The van der Waals surface area contributed by atoms with Crippen molar-refractivity contribution in [2.45, 2.75) is 63.6 Å². The van der Waals surface area contributed by atoms with Gasteiger partial charge in [-0.05, 0) is 46.1 Å². The van der Waals surface area contributed by atoms with Crippen molar-refractivity contribution in [2.75, 3.05) is 13.6 Å². The minimum absolute atomic E-state index is 0.404. The summed E-state index contributed by atoms with van der Waals surface area (Å²) < 4.78 is 0. The predicted molar refractivity (Wildman–Crippen MR) is 63.8 cm³/mol. The second-order valence-electron chi connectivity index (χ2n) is 5.33. The highest BCUT2D eigenvalue weighted by atomic mass is 16.3. The first kappa shape index (κ1) is 12.9. The molecule has 0 heterocycles. The topological polar surface area (TPSA) is 49.5 Å². The average Bonchev–Trinajstić information content (AvgIpc) is 2.18. The van der Waals surface area contributed by atoms with E-state index in [1.54, 1.807) is 0 Å². The van der Waals surface area contributed by atoms with Gasteiger partial charge in [0.1, 0.15) is 0 Å². The van der Waals surface area contributed by atoms with Crippen LogP contribution in [0, 0.1) is 0 Å². The van der Waals surface area contributed by atoms with Crippen LogP contribution in [0.3, 0.4) is 0 Å². The molecule has 90 valence electrons. The molecule has 0 radical (unpaired) electrons. The van der Waals surface area contributed by atoms with E-state index in [1.165, 1.54) is 12.8 Å². The monoisotopic (exact) mass is 214 g/mol. The van der Waals surface area contributed by atoms with Gasteiger partial charge in [-0.15, -0.1) is 0 Å². The van der Waals surface area contributed by atoms with Crippen LogP contribution in [0.5, 0.6) is 0 Å². The van der Waals surface area contributed by atoms with Gasteiger partial charge in [0.2, 0.25) is 0 Å². The molecule has 0 bridgehead atoms. The van der Waals surface area contributed by atoms with Gasteiger partial charge >= 0.3 is 0 Å². The normalized spacial score (nSPS) is 31.6. The van der Waals surface area contributed by atoms with Crippen LogP contribution in [0.1, 0.15) is 46.0 Å². The Kier molecular flexibility index (Phi) is 4.56. The maximum atomic E-state index is 10.0. The zero-order valence-corrected chi connectivity index (χ0v) is 10.4. The van der Waals surface area contributed by atoms with Crippen LogP contribution in [0.25, 0.3) is 0 Å². The highest BCUT2D eigenvalue weighted by molar-refractivity contribution is 4.83. The van der Waals surface area contributed by atoms with Crippen LogP contribution >= 0.6 is 0 Å². The van der Waals surface area contributed by atoms with Crippen molar-refractivity contribution in [1.29, 1.82) is 0 Å². The maximum absolute atomic E-state index is 10.0. The molecule has 3 N–H and O–H groups in total. The number of likely N-dealkylation sites (N-methyl/N-ethyl adjacent to an activating group) is 1. The first-order valence-corrected chi connectivity index (χ1v) is 6.13. The first-order valence-electron chi connectivity index (χ1n) is 6.13. The van der Waals surface area contributed by atoms with Crippen molar-refractivity contribution in [2.24, 2.45) is 5.73 Å². The number of hydrogen-bond donors (Lipinski definition) is 2. The van der Waals surface area contributed by atoms with Gasteiger partial charge in [0.15, 0.2) is 0 Å². The molecule has 0 aromatic carbocycles. The summed E-state index contributed by atoms with van der Waals surface area (Å²) >= 11 is 0. The zero-order chi connectivity index (χ0) is 11.5. The minimum Gasteiger partial charge on any atom is -0.389 e. The molecule has 0 saturated heterocycles. The molecule has 1 aliphatic rings. The Bertz CT molecular complexity index is 186. The molecule has 1 unspecified atom stereocenters. The highest BCUT2D eigenvalue weighted by Crippen LogP contribution is 2.23. The van der Waals surface area contributed by atoms with Gasteiger partial charge in [-0.3, -0.25) is 0 Å². The van der Waals surface area contributed by atoms with Crippen molar-refractivity contribution in [3.8, 4) is 0 Å². The molecule has 0 aromatic heterocycles. The highest BCUT2D eigenvalue weighted by Gasteiger charge is 2.26. The third kappa shape index (κ3) is 4.09. The van der Waals surface area contributed by atoms with Crippen LogP contribution < -0.4 is 5.73 Å². The summed E-state index contributed by atoms with van der Waals surface area (Å²) in [5.74, 6) is 0. The van der Waals surface area contributed by atoms with Crippen molar-refractivity contribution < 1.29 is 5.11 Å². The van der Waals surface area contributed by atoms with Gasteiger partial charge in [0.25, 0.3) is 0 Å². The summed E-state index contributed by atoms with van der Waals surface area (Å²) in [5.41, 5.74) is 5.34. The smallest absolute Gasteiger partial charge is 0.0743 e. The molecule has 0 amide bonds. The quantitative estimate of drug-likeness (QED) is 0.742. The SMILES string of the molecule is CCC(C)(O)CN(C)C1CCC(N)CC1. The van der Waals surface area contributed by atoms with Gasteiger partial charge < -0.3 is 15.7 Å². The van der Waals surface area contributed by atoms with Crippen molar-refractivity contribution in [3.05, 3.63) is 0 Å². The molecule has 0 aromatic rings. The lowest BCUT2D eigenvalue weighted by Crippen LogP contribution is -2.45. The van der Waals surface area contributed by atoms with Crippen molar-refractivity contribution in [3.63, 3.8) is 0 Å². The minimum atomic E-state index is -0.547. The zero-order valence-electron chi connectivity index (χ0n) is 10.4. The van der Waals surface area contributed by atoms with Crippen LogP contribution in [-0.2, 0) is 0 Å². The number of aliphatic hydroxyl groups is 1. The van der Waals surface area contributed by atoms with E-state index in [9.17, 15) is 5.11 Å². The van der Waals surface area contributed by atoms with Gasteiger partial charge in [0.05, 0.1) is 5.60 Å². The molecule has 15 heavy (non-hydrogen) atoms. The van der Waals surface area contributed by atoms with Crippen LogP contribution in [0.15, 0.2) is 0 Å². The van der Waals surface area contributed by atoms with E-state index in [2.05, 4.69) is 11.9 Å². The number of nitrogens with two attached hydrogens (primary N) is 1. The third-order valence-electron chi connectivity index (χ3n) is 3.72. The fourth-order valence-corrected chi connectivity index (χ4v) is 2.32. The molecule has 1 aliphatic carbocycles. The summed E-state index contributed by atoms with van der Waals surface area (Å²) in [6, 6.07) is 1.02. The van der Waals surface area contributed by atoms with Gasteiger partial charge in [-0.2, -0.15) is 0 Å². The standard InChI is InChI=1S/C12H26N2O/c1-4-12(2,15)9-14(3)11-7-5-10(13)6-8-11/h10-11,15H,4-9,13H2,1-3H3. The molecule has 1 fully saturated rings. The third-order valence-corrected chi connectivity index (χ3v) is 3.72. The second-order valence-corrected chi connectivity index (χ2v) is 5.33. The summed E-state index contributed by atoms with van der Waals surface area (Å²) in [7, 11) is 2.12.